The van der Waals surface area contributed by atoms with Gasteiger partial charge in [0.2, 0.25) is 0 Å². The van der Waals surface area contributed by atoms with Gasteiger partial charge in [0.05, 0.1) is 5.16 Å². The first-order chi connectivity index (χ1) is 17.9. The van der Waals surface area contributed by atoms with Crippen LogP contribution in [0, 0.1) is 0 Å². The summed E-state index contributed by atoms with van der Waals surface area (Å²) in [5.74, 6) is 0. The third-order valence-corrected chi connectivity index (χ3v) is 11.7. The Kier molecular flexibility index (Phi) is 6.54. The van der Waals surface area contributed by atoms with Gasteiger partial charge in [0, 0.05) is 11.3 Å². The van der Waals surface area contributed by atoms with Crippen molar-refractivity contribution in [2.24, 2.45) is 0 Å². The molecule has 0 saturated carbocycles. The summed E-state index contributed by atoms with van der Waals surface area (Å²) in [5.41, 5.74) is 8.18. The Labute approximate surface area is 216 Å². The molecule has 0 aliphatic carbocycles. The first kappa shape index (κ1) is 23.0. The maximum Gasteiger partial charge on any atom is 0.0659 e. The summed E-state index contributed by atoms with van der Waals surface area (Å²) in [4.78, 5) is 0. The topological polar surface area (TPSA) is 0 Å². The van der Waals surface area contributed by atoms with E-state index in [0.717, 1.165) is 0 Å². The zero-order valence-electron chi connectivity index (χ0n) is 20.4. The average molecular weight is 483 g/mol. The molecule has 0 N–H and O–H groups in total. The van der Waals surface area contributed by atoms with Crippen LogP contribution in [0.5, 0.6) is 0 Å². The molecule has 0 bridgehead atoms. The molecule has 0 amide bonds. The Morgan fingerprint density at radius 1 is 0.389 bits per heavy atom. The maximum absolute atomic E-state index is 2.37. The minimum atomic E-state index is -0.601. The lowest BCUT2D eigenvalue weighted by atomic mass is 9.84. The third kappa shape index (κ3) is 4.01. The van der Waals surface area contributed by atoms with Crippen LogP contribution in [0.1, 0.15) is 52.0 Å². The molecule has 1 fully saturated rings. The molecule has 5 aromatic carbocycles. The van der Waals surface area contributed by atoms with Gasteiger partial charge in [0.15, 0.2) is 0 Å². The van der Waals surface area contributed by atoms with Crippen molar-refractivity contribution < 1.29 is 0 Å². The first-order valence-corrected chi connectivity index (χ1v) is 14.4. The quantitative estimate of drug-likeness (QED) is 0.167. The molecule has 1 aliphatic rings. The second kappa shape index (κ2) is 10.3. The van der Waals surface area contributed by atoms with Gasteiger partial charge in [0.25, 0.3) is 0 Å². The molecule has 1 aliphatic heterocycles. The highest BCUT2D eigenvalue weighted by atomic mass is 31.1. The molecule has 1 heterocycles. The van der Waals surface area contributed by atoms with Crippen LogP contribution >= 0.6 is 7.92 Å². The highest BCUT2D eigenvalue weighted by molar-refractivity contribution is 7.60. The van der Waals surface area contributed by atoms with E-state index in [1.165, 1.54) is 40.7 Å². The van der Waals surface area contributed by atoms with Crippen LogP contribution in [-0.2, 0) is 5.16 Å². The van der Waals surface area contributed by atoms with Crippen molar-refractivity contribution in [2.45, 2.75) is 29.3 Å². The van der Waals surface area contributed by atoms with E-state index in [9.17, 15) is 0 Å². The highest BCUT2D eigenvalue weighted by Gasteiger charge is 2.53. The molecule has 2 atom stereocenters. The minimum absolute atomic E-state index is 0.226. The van der Waals surface area contributed by atoms with Gasteiger partial charge in [0.1, 0.15) is 0 Å². The Balaban J connectivity index is 1.70. The van der Waals surface area contributed by atoms with Crippen molar-refractivity contribution in [3.63, 3.8) is 0 Å². The Morgan fingerprint density at radius 3 is 0.972 bits per heavy atom. The molecule has 5 aromatic rings. The van der Waals surface area contributed by atoms with Crippen LogP contribution in [0.15, 0.2) is 152 Å². The Hall–Kier alpha value is -3.47. The molecule has 0 spiro atoms. The van der Waals surface area contributed by atoms with Crippen LogP contribution in [0.3, 0.4) is 0 Å². The van der Waals surface area contributed by atoms with E-state index in [4.69, 9.17) is 0 Å². The summed E-state index contributed by atoms with van der Waals surface area (Å²) in [5, 5.41) is -0.226. The fraction of sp³-hybridized carbons (Fsp3) is 0.143. The summed E-state index contributed by atoms with van der Waals surface area (Å²) < 4.78 is 0. The molecule has 0 aromatic heterocycles. The summed E-state index contributed by atoms with van der Waals surface area (Å²) in [6.45, 7) is 0. The van der Waals surface area contributed by atoms with Crippen molar-refractivity contribution in [3.8, 4) is 0 Å². The molecule has 0 nitrogen and oxygen atoms in total. The predicted octanol–water partition coefficient (Wildman–Crippen LogP) is 9.74. The van der Waals surface area contributed by atoms with E-state index in [-0.39, 0.29) is 5.16 Å². The Morgan fingerprint density at radius 2 is 0.667 bits per heavy atom. The lowest BCUT2D eigenvalue weighted by molar-refractivity contribution is 0.765. The second-order valence-corrected chi connectivity index (χ2v) is 12.4. The largest absolute Gasteiger partial charge is 0.0709 e. The van der Waals surface area contributed by atoms with Gasteiger partial charge in [-0.3, -0.25) is 0 Å². The van der Waals surface area contributed by atoms with Crippen molar-refractivity contribution in [1.29, 1.82) is 0 Å². The summed E-state index contributed by atoms with van der Waals surface area (Å²) in [7, 11) is -0.601. The molecular weight excluding hydrogens is 451 g/mol. The fourth-order valence-electron chi connectivity index (χ4n) is 6.27. The van der Waals surface area contributed by atoms with Gasteiger partial charge in [-0.2, -0.15) is 0 Å². The standard InChI is InChI=1S/C35H31P/c1-6-16-28(17-7-1)33-26-27-34(29-18-8-2-9-19-29)36(33)35(30-20-10-3-11-21-30,31-22-12-4-13-23-31)32-24-14-5-15-25-32/h1-25,33-34H,26-27H2/t33-,34-/m0/s1. The van der Waals surface area contributed by atoms with Crippen molar-refractivity contribution >= 4 is 7.92 Å². The lowest BCUT2D eigenvalue weighted by Crippen LogP contribution is -2.29. The van der Waals surface area contributed by atoms with E-state index in [2.05, 4.69) is 152 Å². The maximum atomic E-state index is 2.37. The van der Waals surface area contributed by atoms with Crippen molar-refractivity contribution in [2.75, 3.05) is 0 Å². The van der Waals surface area contributed by atoms with E-state index >= 15 is 0 Å². The normalized spacial score (nSPS) is 18.2. The number of hydrogen-bond acceptors (Lipinski definition) is 0. The Bertz CT molecular complexity index is 1220. The number of benzene rings is 5. The van der Waals surface area contributed by atoms with Gasteiger partial charge in [-0.1, -0.05) is 160 Å². The molecule has 1 heteroatoms. The van der Waals surface area contributed by atoms with Crippen LogP contribution in [-0.4, -0.2) is 0 Å². The van der Waals surface area contributed by atoms with Crippen LogP contribution in [0.2, 0.25) is 0 Å². The third-order valence-electron chi connectivity index (χ3n) is 7.72. The zero-order chi connectivity index (χ0) is 24.2. The van der Waals surface area contributed by atoms with Crippen molar-refractivity contribution in [3.05, 3.63) is 179 Å². The average Bonchev–Trinajstić information content (AvgIpc) is 3.42. The minimum Gasteiger partial charge on any atom is -0.0709 e. The van der Waals surface area contributed by atoms with Crippen LogP contribution in [0.25, 0.3) is 0 Å². The molecule has 0 radical (unpaired) electrons. The summed E-state index contributed by atoms with van der Waals surface area (Å²) >= 11 is 0. The van der Waals surface area contributed by atoms with Crippen molar-refractivity contribution in [1.82, 2.24) is 0 Å². The fourth-order valence-corrected chi connectivity index (χ4v) is 10.8. The van der Waals surface area contributed by atoms with E-state index < -0.39 is 7.92 Å². The molecule has 1 saturated heterocycles. The summed E-state index contributed by atoms with van der Waals surface area (Å²) in [6, 6.07) is 56.6. The highest BCUT2D eigenvalue weighted by Crippen LogP contribution is 2.81. The molecule has 6 rings (SSSR count). The van der Waals surface area contributed by atoms with E-state index in [0.29, 0.717) is 11.3 Å². The van der Waals surface area contributed by atoms with Crippen LogP contribution < -0.4 is 0 Å². The van der Waals surface area contributed by atoms with E-state index in [1.54, 1.807) is 0 Å². The van der Waals surface area contributed by atoms with Gasteiger partial charge >= 0.3 is 0 Å². The molecule has 36 heavy (non-hydrogen) atoms. The number of rotatable bonds is 6. The van der Waals surface area contributed by atoms with Gasteiger partial charge in [-0.15, -0.1) is 0 Å². The monoisotopic (exact) mass is 482 g/mol. The zero-order valence-corrected chi connectivity index (χ0v) is 21.3. The number of hydrogen-bond donors (Lipinski definition) is 0. The van der Waals surface area contributed by atoms with Gasteiger partial charge in [-0.05, 0) is 40.7 Å². The van der Waals surface area contributed by atoms with Gasteiger partial charge in [-0.25, -0.2) is 0 Å². The van der Waals surface area contributed by atoms with Gasteiger partial charge < -0.3 is 0 Å². The van der Waals surface area contributed by atoms with Crippen LogP contribution in [0.4, 0.5) is 0 Å². The predicted molar refractivity (Wildman–Crippen MR) is 154 cm³/mol. The SMILES string of the molecule is c1ccc([C@@H]2CC[C@@H](c3ccccc3)P2C(c2ccccc2)(c2ccccc2)c2ccccc2)cc1. The smallest absolute Gasteiger partial charge is 0.0659 e. The lowest BCUT2D eigenvalue weighted by Gasteiger charge is -2.47. The first-order valence-electron chi connectivity index (χ1n) is 12.9. The summed E-state index contributed by atoms with van der Waals surface area (Å²) in [6.07, 6.45) is 2.42. The molecule has 0 unspecified atom stereocenters. The molecule has 176 valence electrons. The molecular formula is C35H31P. The second-order valence-electron chi connectivity index (χ2n) is 9.65. The van der Waals surface area contributed by atoms with E-state index in [1.807, 2.05) is 0 Å².